The molecule has 0 aliphatic carbocycles. The minimum absolute atomic E-state index is 0.188. The molecule has 0 aromatic carbocycles. The second kappa shape index (κ2) is 4.35. The third-order valence-electron chi connectivity index (χ3n) is 3.07. The molecule has 0 aliphatic heterocycles. The molecule has 0 amide bonds. The number of hydrogen-bond acceptors (Lipinski definition) is 3. The van der Waals surface area contributed by atoms with E-state index in [1.54, 1.807) is 17.1 Å². The van der Waals surface area contributed by atoms with Crippen LogP contribution in [-0.4, -0.2) is 24.3 Å². The van der Waals surface area contributed by atoms with Crippen molar-refractivity contribution in [3.63, 3.8) is 0 Å². The topological polar surface area (TPSA) is 48.5 Å². The molecular formula is C13H14ClN5. The van der Waals surface area contributed by atoms with Crippen LogP contribution in [0.3, 0.4) is 0 Å². The van der Waals surface area contributed by atoms with E-state index < -0.39 is 0 Å². The molecule has 0 fully saturated rings. The standard InChI is InChI=1S/C13H14ClN5/c1-8(14)13-16-10-6-15-5-4-11(10)19(13)12-7-18(3)17-9(12)2/h4-8H,1-3H3. The lowest BCUT2D eigenvalue weighted by Gasteiger charge is -2.08. The molecule has 0 saturated heterocycles. The number of aromatic nitrogens is 5. The highest BCUT2D eigenvalue weighted by molar-refractivity contribution is 6.20. The highest BCUT2D eigenvalue weighted by Gasteiger charge is 2.18. The average Bonchev–Trinajstić information content (AvgIpc) is 2.89. The molecule has 98 valence electrons. The van der Waals surface area contributed by atoms with Gasteiger partial charge in [-0.1, -0.05) is 0 Å². The number of nitrogens with zero attached hydrogens (tertiary/aromatic N) is 5. The van der Waals surface area contributed by atoms with Crippen LogP contribution in [-0.2, 0) is 7.05 Å². The highest BCUT2D eigenvalue weighted by atomic mass is 35.5. The maximum absolute atomic E-state index is 6.26. The molecule has 0 N–H and O–H groups in total. The van der Waals surface area contributed by atoms with Crippen molar-refractivity contribution in [1.29, 1.82) is 0 Å². The Bertz CT molecular complexity index is 741. The Morgan fingerprint density at radius 3 is 2.79 bits per heavy atom. The van der Waals surface area contributed by atoms with E-state index >= 15 is 0 Å². The Morgan fingerprint density at radius 2 is 2.16 bits per heavy atom. The number of aryl methyl sites for hydroxylation is 2. The zero-order valence-corrected chi connectivity index (χ0v) is 11.8. The molecule has 1 atom stereocenters. The van der Waals surface area contributed by atoms with E-state index in [4.69, 9.17) is 11.6 Å². The van der Waals surface area contributed by atoms with Crippen LogP contribution in [0.25, 0.3) is 16.7 Å². The van der Waals surface area contributed by atoms with Gasteiger partial charge in [0.2, 0.25) is 0 Å². The Labute approximate surface area is 115 Å². The highest BCUT2D eigenvalue weighted by Crippen LogP contribution is 2.28. The van der Waals surface area contributed by atoms with Gasteiger partial charge in [-0.15, -0.1) is 11.6 Å². The fourth-order valence-corrected chi connectivity index (χ4v) is 2.42. The Balaban J connectivity index is 2.37. The van der Waals surface area contributed by atoms with Gasteiger partial charge in [-0.3, -0.25) is 14.2 Å². The molecular weight excluding hydrogens is 262 g/mol. The van der Waals surface area contributed by atoms with Crippen molar-refractivity contribution in [2.24, 2.45) is 7.05 Å². The van der Waals surface area contributed by atoms with Gasteiger partial charge in [-0.2, -0.15) is 5.10 Å². The predicted octanol–water partition coefficient (Wildman–Crippen LogP) is 2.76. The SMILES string of the molecule is Cc1nn(C)cc1-n1c(C(C)Cl)nc2cnccc21. The molecule has 3 aromatic heterocycles. The molecule has 3 heterocycles. The summed E-state index contributed by atoms with van der Waals surface area (Å²) in [5.41, 5.74) is 3.78. The van der Waals surface area contributed by atoms with Gasteiger partial charge in [0.15, 0.2) is 0 Å². The van der Waals surface area contributed by atoms with Crippen molar-refractivity contribution >= 4 is 22.6 Å². The molecule has 5 nitrogen and oxygen atoms in total. The average molecular weight is 276 g/mol. The van der Waals surface area contributed by atoms with Crippen molar-refractivity contribution in [1.82, 2.24) is 24.3 Å². The Kier molecular flexibility index (Phi) is 2.78. The van der Waals surface area contributed by atoms with Crippen LogP contribution in [0.2, 0.25) is 0 Å². The third-order valence-corrected chi connectivity index (χ3v) is 3.26. The van der Waals surface area contributed by atoms with Crippen LogP contribution >= 0.6 is 11.6 Å². The summed E-state index contributed by atoms with van der Waals surface area (Å²) in [5.74, 6) is 0.806. The van der Waals surface area contributed by atoms with E-state index in [1.807, 2.05) is 33.2 Å². The second-order valence-corrected chi connectivity index (χ2v) is 5.21. The lowest BCUT2D eigenvalue weighted by molar-refractivity contribution is 0.756. The van der Waals surface area contributed by atoms with Gasteiger partial charge in [0.05, 0.1) is 28.5 Å². The summed E-state index contributed by atoms with van der Waals surface area (Å²) in [7, 11) is 1.90. The van der Waals surface area contributed by atoms with Crippen molar-refractivity contribution < 1.29 is 0 Å². The predicted molar refractivity (Wildman–Crippen MR) is 74.6 cm³/mol. The first-order valence-corrected chi connectivity index (χ1v) is 6.48. The van der Waals surface area contributed by atoms with Crippen LogP contribution in [0.5, 0.6) is 0 Å². The van der Waals surface area contributed by atoms with E-state index in [-0.39, 0.29) is 5.38 Å². The fraction of sp³-hybridized carbons (Fsp3) is 0.308. The molecule has 0 saturated carbocycles. The van der Waals surface area contributed by atoms with Gasteiger partial charge < -0.3 is 0 Å². The number of alkyl halides is 1. The summed E-state index contributed by atoms with van der Waals surface area (Å²) < 4.78 is 3.84. The van der Waals surface area contributed by atoms with Gasteiger partial charge in [-0.05, 0) is 19.9 Å². The molecule has 3 aromatic rings. The molecule has 0 spiro atoms. The van der Waals surface area contributed by atoms with E-state index in [1.165, 1.54) is 0 Å². The minimum atomic E-state index is -0.188. The van der Waals surface area contributed by atoms with Gasteiger partial charge >= 0.3 is 0 Å². The summed E-state index contributed by atoms with van der Waals surface area (Å²) in [6.07, 6.45) is 5.48. The zero-order chi connectivity index (χ0) is 13.6. The smallest absolute Gasteiger partial charge is 0.132 e. The van der Waals surface area contributed by atoms with E-state index in [0.29, 0.717) is 0 Å². The fourth-order valence-electron chi connectivity index (χ4n) is 2.28. The van der Waals surface area contributed by atoms with Crippen molar-refractivity contribution in [3.05, 3.63) is 36.2 Å². The van der Waals surface area contributed by atoms with Crippen molar-refractivity contribution in [2.45, 2.75) is 19.2 Å². The van der Waals surface area contributed by atoms with Crippen LogP contribution in [0.1, 0.15) is 23.8 Å². The van der Waals surface area contributed by atoms with Crippen molar-refractivity contribution in [3.8, 4) is 5.69 Å². The summed E-state index contributed by atoms with van der Waals surface area (Å²) in [6, 6.07) is 1.94. The summed E-state index contributed by atoms with van der Waals surface area (Å²) in [5, 5.41) is 4.20. The Hall–Kier alpha value is -1.88. The summed E-state index contributed by atoms with van der Waals surface area (Å²) in [4.78, 5) is 8.68. The van der Waals surface area contributed by atoms with Crippen LogP contribution in [0.15, 0.2) is 24.7 Å². The monoisotopic (exact) mass is 275 g/mol. The minimum Gasteiger partial charge on any atom is -0.291 e. The first kappa shape index (κ1) is 12.2. The number of imidazole rings is 1. The maximum atomic E-state index is 6.26. The Morgan fingerprint density at radius 1 is 1.37 bits per heavy atom. The van der Waals surface area contributed by atoms with Gasteiger partial charge in [0.1, 0.15) is 11.3 Å². The quantitative estimate of drug-likeness (QED) is 0.676. The maximum Gasteiger partial charge on any atom is 0.132 e. The third kappa shape index (κ3) is 1.90. The normalized spacial score (nSPS) is 13.1. The molecule has 0 radical (unpaired) electrons. The lowest BCUT2D eigenvalue weighted by atomic mass is 10.3. The zero-order valence-electron chi connectivity index (χ0n) is 11.0. The molecule has 3 rings (SSSR count). The molecule has 6 heteroatoms. The molecule has 19 heavy (non-hydrogen) atoms. The number of hydrogen-bond donors (Lipinski definition) is 0. The number of rotatable bonds is 2. The van der Waals surface area contributed by atoms with E-state index in [2.05, 4.69) is 19.6 Å². The van der Waals surface area contributed by atoms with E-state index in [9.17, 15) is 0 Å². The number of halogens is 1. The summed E-state index contributed by atoms with van der Waals surface area (Å²) >= 11 is 6.26. The van der Waals surface area contributed by atoms with E-state index in [0.717, 1.165) is 28.2 Å². The molecule has 1 unspecified atom stereocenters. The molecule has 0 bridgehead atoms. The van der Waals surface area contributed by atoms with Crippen LogP contribution in [0.4, 0.5) is 0 Å². The number of fused-ring (bicyclic) bond motifs is 1. The summed E-state index contributed by atoms with van der Waals surface area (Å²) in [6.45, 7) is 3.89. The second-order valence-electron chi connectivity index (χ2n) is 4.56. The van der Waals surface area contributed by atoms with Crippen LogP contribution < -0.4 is 0 Å². The van der Waals surface area contributed by atoms with Crippen molar-refractivity contribution in [2.75, 3.05) is 0 Å². The van der Waals surface area contributed by atoms with Gasteiger partial charge in [0, 0.05) is 19.4 Å². The first-order chi connectivity index (χ1) is 9.08. The number of pyridine rings is 1. The molecule has 0 aliphatic rings. The van der Waals surface area contributed by atoms with Crippen LogP contribution in [0, 0.1) is 6.92 Å². The first-order valence-electron chi connectivity index (χ1n) is 6.05. The lowest BCUT2D eigenvalue weighted by Crippen LogP contribution is -2.02. The van der Waals surface area contributed by atoms with Gasteiger partial charge in [-0.25, -0.2) is 4.98 Å². The van der Waals surface area contributed by atoms with Gasteiger partial charge in [0.25, 0.3) is 0 Å². The largest absolute Gasteiger partial charge is 0.291 e.